The molecule has 0 aliphatic heterocycles. The Bertz CT molecular complexity index is 1300. The molecule has 0 radical (unpaired) electrons. The van der Waals surface area contributed by atoms with E-state index in [2.05, 4.69) is 9.97 Å². The van der Waals surface area contributed by atoms with Crippen LogP contribution in [0, 0.1) is 5.82 Å². The van der Waals surface area contributed by atoms with E-state index in [1.807, 2.05) is 0 Å². The van der Waals surface area contributed by atoms with Crippen molar-refractivity contribution in [1.82, 2.24) is 19.1 Å². The molecule has 2 heterocycles. The molecule has 146 valence electrons. The van der Waals surface area contributed by atoms with Crippen molar-refractivity contribution in [2.75, 3.05) is 7.11 Å². The van der Waals surface area contributed by atoms with Crippen molar-refractivity contribution in [1.29, 1.82) is 0 Å². The van der Waals surface area contributed by atoms with Gasteiger partial charge in [0, 0.05) is 18.0 Å². The molecule has 0 fully saturated rings. The average molecular weight is 392 g/mol. The Morgan fingerprint density at radius 1 is 0.931 bits per heavy atom. The summed E-state index contributed by atoms with van der Waals surface area (Å²) < 4.78 is 21.7. The second kappa shape index (κ2) is 7.67. The normalized spacial score (nSPS) is 11.0. The summed E-state index contributed by atoms with van der Waals surface area (Å²) in [4.78, 5) is 34.3. The Hall–Kier alpha value is -3.81. The topological polar surface area (TPSA) is 79.0 Å². The highest BCUT2D eigenvalue weighted by atomic mass is 19.1. The molecule has 2 aromatic heterocycles. The van der Waals surface area contributed by atoms with Gasteiger partial charge in [-0.2, -0.15) is 0 Å². The largest absolute Gasteiger partial charge is 0.497 e. The molecule has 7 nitrogen and oxygen atoms in total. The third kappa shape index (κ3) is 3.52. The molecule has 0 N–H and O–H groups in total. The number of ether oxygens (including phenoxy) is 1. The fourth-order valence-electron chi connectivity index (χ4n) is 3.12. The van der Waals surface area contributed by atoms with E-state index in [0.717, 1.165) is 10.1 Å². The fraction of sp³-hybridized carbons (Fsp3) is 0.143. The molecule has 0 aliphatic rings. The van der Waals surface area contributed by atoms with Crippen LogP contribution in [-0.2, 0) is 13.1 Å². The van der Waals surface area contributed by atoms with Gasteiger partial charge >= 0.3 is 5.69 Å². The maximum atomic E-state index is 14.2. The first-order valence-corrected chi connectivity index (χ1v) is 8.89. The molecule has 8 heteroatoms. The van der Waals surface area contributed by atoms with Crippen LogP contribution >= 0.6 is 0 Å². The molecule has 0 saturated heterocycles. The van der Waals surface area contributed by atoms with E-state index in [4.69, 9.17) is 4.74 Å². The van der Waals surface area contributed by atoms with Crippen molar-refractivity contribution in [3.8, 4) is 5.75 Å². The van der Waals surface area contributed by atoms with Crippen molar-refractivity contribution in [2.24, 2.45) is 0 Å². The molecule has 0 unspecified atom stereocenters. The maximum Gasteiger partial charge on any atom is 0.333 e. The summed E-state index contributed by atoms with van der Waals surface area (Å²) in [5, 5.41) is 0. The van der Waals surface area contributed by atoms with Gasteiger partial charge in [0.2, 0.25) is 0 Å². The second-order valence-corrected chi connectivity index (χ2v) is 6.43. The van der Waals surface area contributed by atoms with Gasteiger partial charge in [0.05, 0.1) is 20.2 Å². The number of hydrogen-bond acceptors (Lipinski definition) is 5. The summed E-state index contributed by atoms with van der Waals surface area (Å²) >= 11 is 0. The Balaban J connectivity index is 1.87. The van der Waals surface area contributed by atoms with Gasteiger partial charge in [0.15, 0.2) is 11.2 Å². The van der Waals surface area contributed by atoms with Gasteiger partial charge < -0.3 is 4.74 Å². The monoisotopic (exact) mass is 392 g/mol. The number of benzene rings is 2. The van der Waals surface area contributed by atoms with E-state index < -0.39 is 17.1 Å². The van der Waals surface area contributed by atoms with Crippen LogP contribution in [0.25, 0.3) is 11.2 Å². The molecular formula is C21H17FN4O3. The minimum Gasteiger partial charge on any atom is -0.497 e. The predicted octanol–water partition coefficient (Wildman–Crippen LogP) is 2.20. The first-order valence-electron chi connectivity index (χ1n) is 8.89. The van der Waals surface area contributed by atoms with E-state index in [1.165, 1.54) is 23.0 Å². The van der Waals surface area contributed by atoms with Gasteiger partial charge in [0.1, 0.15) is 11.6 Å². The number of rotatable bonds is 5. The standard InChI is InChI=1S/C21H17FN4O3/c1-29-16-8-6-14(7-9-16)12-26-20(27)18-19(24-11-10-23-18)25(21(26)28)13-15-4-2-3-5-17(15)22/h2-11H,12-13H2,1H3. The van der Waals surface area contributed by atoms with Crippen LogP contribution in [0.3, 0.4) is 0 Å². The Labute approximate surface area is 164 Å². The first-order chi connectivity index (χ1) is 14.1. The smallest absolute Gasteiger partial charge is 0.333 e. The van der Waals surface area contributed by atoms with Crippen LogP contribution in [0.15, 0.2) is 70.5 Å². The summed E-state index contributed by atoms with van der Waals surface area (Å²) in [5.41, 5.74) is 0.108. The molecule has 0 saturated carbocycles. The highest BCUT2D eigenvalue weighted by molar-refractivity contribution is 5.68. The first kappa shape index (κ1) is 18.5. The summed E-state index contributed by atoms with van der Waals surface area (Å²) in [6.07, 6.45) is 2.78. The van der Waals surface area contributed by atoms with Crippen LogP contribution in [0.5, 0.6) is 5.75 Å². The number of aromatic nitrogens is 4. The van der Waals surface area contributed by atoms with Crippen LogP contribution in [0.1, 0.15) is 11.1 Å². The van der Waals surface area contributed by atoms with E-state index >= 15 is 0 Å². The SMILES string of the molecule is COc1ccc(Cn2c(=O)c3nccnc3n(Cc3ccccc3F)c2=O)cc1. The van der Waals surface area contributed by atoms with Crippen LogP contribution in [-0.4, -0.2) is 26.2 Å². The molecule has 4 rings (SSSR count). The maximum absolute atomic E-state index is 14.2. The zero-order valence-corrected chi connectivity index (χ0v) is 15.6. The lowest BCUT2D eigenvalue weighted by atomic mass is 10.2. The number of fused-ring (bicyclic) bond motifs is 1. The lowest BCUT2D eigenvalue weighted by Crippen LogP contribution is -2.41. The lowest BCUT2D eigenvalue weighted by molar-refractivity contribution is 0.414. The molecule has 0 aliphatic carbocycles. The van der Waals surface area contributed by atoms with Gasteiger partial charge in [-0.05, 0) is 23.8 Å². The molecule has 0 bridgehead atoms. The number of halogens is 1. The zero-order valence-electron chi connectivity index (χ0n) is 15.6. The highest BCUT2D eigenvalue weighted by Gasteiger charge is 2.16. The van der Waals surface area contributed by atoms with Gasteiger partial charge in [-0.15, -0.1) is 0 Å². The average Bonchev–Trinajstić information content (AvgIpc) is 2.76. The molecule has 0 spiro atoms. The third-order valence-corrected chi connectivity index (χ3v) is 4.63. The Morgan fingerprint density at radius 2 is 1.66 bits per heavy atom. The van der Waals surface area contributed by atoms with Crippen molar-refractivity contribution in [2.45, 2.75) is 13.1 Å². The highest BCUT2D eigenvalue weighted by Crippen LogP contribution is 2.13. The Kier molecular flexibility index (Phi) is 4.90. The Morgan fingerprint density at radius 3 is 2.38 bits per heavy atom. The van der Waals surface area contributed by atoms with Crippen molar-refractivity contribution in [3.63, 3.8) is 0 Å². The van der Waals surface area contributed by atoms with Gasteiger partial charge in [0.25, 0.3) is 5.56 Å². The molecule has 4 aromatic rings. The van der Waals surface area contributed by atoms with Crippen molar-refractivity contribution < 1.29 is 9.13 Å². The lowest BCUT2D eigenvalue weighted by Gasteiger charge is -2.13. The van der Waals surface area contributed by atoms with Gasteiger partial charge in [-0.25, -0.2) is 19.2 Å². The molecule has 0 amide bonds. The van der Waals surface area contributed by atoms with E-state index in [1.54, 1.807) is 49.6 Å². The second-order valence-electron chi connectivity index (χ2n) is 6.43. The van der Waals surface area contributed by atoms with Crippen molar-refractivity contribution >= 4 is 11.2 Å². The van der Waals surface area contributed by atoms with Crippen LogP contribution in [0.4, 0.5) is 4.39 Å². The molecule has 29 heavy (non-hydrogen) atoms. The summed E-state index contributed by atoms with van der Waals surface area (Å²) in [7, 11) is 1.56. The molecular weight excluding hydrogens is 375 g/mol. The zero-order chi connectivity index (χ0) is 20.4. The van der Waals surface area contributed by atoms with Gasteiger partial charge in [-0.3, -0.25) is 13.9 Å². The van der Waals surface area contributed by atoms with Crippen LogP contribution < -0.4 is 16.0 Å². The summed E-state index contributed by atoms with van der Waals surface area (Å²) in [5.74, 6) is 0.229. The summed E-state index contributed by atoms with van der Waals surface area (Å²) in [6.45, 7) is -0.0188. The molecule has 0 atom stereocenters. The van der Waals surface area contributed by atoms with E-state index in [0.29, 0.717) is 11.3 Å². The fourth-order valence-corrected chi connectivity index (χ4v) is 3.12. The summed E-state index contributed by atoms with van der Waals surface area (Å²) in [6, 6.07) is 13.2. The quantitative estimate of drug-likeness (QED) is 0.520. The van der Waals surface area contributed by atoms with E-state index in [-0.39, 0.29) is 24.3 Å². The van der Waals surface area contributed by atoms with Gasteiger partial charge in [-0.1, -0.05) is 30.3 Å². The van der Waals surface area contributed by atoms with E-state index in [9.17, 15) is 14.0 Å². The number of hydrogen-bond donors (Lipinski definition) is 0. The number of methoxy groups -OCH3 is 1. The predicted molar refractivity (Wildman–Crippen MR) is 106 cm³/mol. The third-order valence-electron chi connectivity index (χ3n) is 4.63. The minimum absolute atomic E-state index is 0.0471. The molecule has 2 aromatic carbocycles. The minimum atomic E-state index is -0.581. The van der Waals surface area contributed by atoms with Crippen molar-refractivity contribution in [3.05, 3.63) is 98.7 Å². The number of nitrogens with zero attached hydrogens (tertiary/aromatic N) is 4. The van der Waals surface area contributed by atoms with Crippen LogP contribution in [0.2, 0.25) is 0 Å².